The zero-order chi connectivity index (χ0) is 19.1. The molecule has 1 aromatic heterocycles. The van der Waals surface area contributed by atoms with Crippen molar-refractivity contribution in [2.75, 3.05) is 16.8 Å². The van der Waals surface area contributed by atoms with Crippen LogP contribution in [0.2, 0.25) is 0 Å². The van der Waals surface area contributed by atoms with Crippen LogP contribution < -0.4 is 11.1 Å². The number of primary amides is 1. The molecular formula is C16H16FN5O3S. The quantitative estimate of drug-likeness (QED) is 0.827. The lowest BCUT2D eigenvalue weighted by Gasteiger charge is -2.22. The Hall–Kier alpha value is -2.93. The minimum absolute atomic E-state index is 0.0407. The molecule has 26 heavy (non-hydrogen) atoms. The third-order valence-corrected chi connectivity index (χ3v) is 6.21. The number of nitriles is 1. The van der Waals surface area contributed by atoms with Gasteiger partial charge >= 0.3 is 0 Å². The van der Waals surface area contributed by atoms with Crippen molar-refractivity contribution in [1.29, 1.82) is 5.26 Å². The summed E-state index contributed by atoms with van der Waals surface area (Å²) in [6, 6.07) is 6.67. The molecule has 0 bridgehead atoms. The summed E-state index contributed by atoms with van der Waals surface area (Å²) in [6.45, 7) is 1.54. The van der Waals surface area contributed by atoms with E-state index in [2.05, 4.69) is 10.4 Å². The number of amides is 1. The third kappa shape index (κ3) is 3.25. The number of sulfone groups is 1. The molecule has 0 aliphatic carbocycles. The van der Waals surface area contributed by atoms with Crippen LogP contribution >= 0.6 is 0 Å². The molecule has 3 N–H and O–H groups in total. The van der Waals surface area contributed by atoms with Crippen LogP contribution in [0.15, 0.2) is 30.5 Å². The van der Waals surface area contributed by atoms with E-state index in [4.69, 9.17) is 5.73 Å². The molecule has 1 fully saturated rings. The molecule has 8 nitrogen and oxygen atoms in total. The topological polar surface area (TPSA) is 131 Å². The third-order valence-electron chi connectivity index (χ3n) is 4.35. The van der Waals surface area contributed by atoms with Gasteiger partial charge < -0.3 is 11.1 Å². The van der Waals surface area contributed by atoms with E-state index in [0.29, 0.717) is 5.69 Å². The largest absolute Gasteiger partial charge is 0.365 e. The van der Waals surface area contributed by atoms with Gasteiger partial charge in [-0.25, -0.2) is 12.8 Å². The average Bonchev–Trinajstić information content (AvgIpc) is 3.08. The first-order valence-corrected chi connectivity index (χ1v) is 9.49. The number of anilines is 2. The summed E-state index contributed by atoms with van der Waals surface area (Å²) in [5.41, 5.74) is 4.72. The lowest BCUT2D eigenvalue weighted by Crippen LogP contribution is -2.27. The minimum Gasteiger partial charge on any atom is -0.365 e. The summed E-state index contributed by atoms with van der Waals surface area (Å²) in [7, 11) is -3.41. The molecule has 10 heteroatoms. The van der Waals surface area contributed by atoms with Crippen LogP contribution in [0.3, 0.4) is 0 Å². The molecule has 1 saturated heterocycles. The number of rotatable bonds is 4. The Bertz CT molecular complexity index is 1010. The van der Waals surface area contributed by atoms with Gasteiger partial charge in [-0.15, -0.1) is 0 Å². The molecule has 1 aliphatic heterocycles. The molecule has 0 spiro atoms. The van der Waals surface area contributed by atoms with Gasteiger partial charge in [0, 0.05) is 11.9 Å². The number of benzene rings is 1. The molecule has 1 aliphatic rings. The highest BCUT2D eigenvalue weighted by atomic mass is 32.2. The van der Waals surface area contributed by atoms with Crippen LogP contribution in [0.5, 0.6) is 0 Å². The van der Waals surface area contributed by atoms with Gasteiger partial charge in [0.25, 0.3) is 5.91 Å². The van der Waals surface area contributed by atoms with Crippen LogP contribution in [-0.2, 0) is 9.84 Å². The van der Waals surface area contributed by atoms with Crippen molar-refractivity contribution in [1.82, 2.24) is 9.78 Å². The van der Waals surface area contributed by atoms with Gasteiger partial charge in [0.2, 0.25) is 0 Å². The highest BCUT2D eigenvalue weighted by Crippen LogP contribution is 2.40. The van der Waals surface area contributed by atoms with E-state index in [-0.39, 0.29) is 22.9 Å². The second kappa shape index (κ2) is 6.10. The molecule has 0 unspecified atom stereocenters. The average molecular weight is 377 g/mol. The Balaban J connectivity index is 2.01. The van der Waals surface area contributed by atoms with E-state index in [0.717, 1.165) is 0 Å². The molecule has 136 valence electrons. The molecule has 0 saturated carbocycles. The second-order valence-corrected chi connectivity index (χ2v) is 8.58. The molecule has 0 radical (unpaired) electrons. The van der Waals surface area contributed by atoms with Crippen LogP contribution in [0, 0.1) is 22.6 Å². The van der Waals surface area contributed by atoms with E-state index in [9.17, 15) is 22.9 Å². The maximum Gasteiger partial charge on any atom is 0.254 e. The number of nitrogens with zero attached hydrogens (tertiary/aromatic N) is 3. The number of carbonyl (C=O) groups is 1. The number of hydrogen-bond acceptors (Lipinski definition) is 6. The number of nitrogens with two attached hydrogens (primary N) is 1. The Morgan fingerprint density at radius 1 is 1.46 bits per heavy atom. The number of hydrogen-bond donors (Lipinski definition) is 2. The normalized spacial score (nSPS) is 24.1. The number of carbonyl (C=O) groups excluding carboxylic acids is 1. The van der Waals surface area contributed by atoms with Gasteiger partial charge in [0.05, 0.1) is 29.0 Å². The van der Waals surface area contributed by atoms with E-state index in [1.807, 2.05) is 6.07 Å². The summed E-state index contributed by atoms with van der Waals surface area (Å²) < 4.78 is 38.3. The summed E-state index contributed by atoms with van der Waals surface area (Å²) >= 11 is 0. The zero-order valence-electron chi connectivity index (χ0n) is 13.8. The van der Waals surface area contributed by atoms with Gasteiger partial charge in [-0.1, -0.05) is 0 Å². The maximum atomic E-state index is 13.0. The Kier molecular flexibility index (Phi) is 4.20. The molecule has 2 atom stereocenters. The highest BCUT2D eigenvalue weighted by molar-refractivity contribution is 7.91. The standard InChI is InChI=1S/C16H16FN5O3S/c1-16(8-18)9-26(24,25)7-13(16)22-6-12(14(19)23)15(21-22)20-11-4-2-10(17)3-5-11/h2-6,13H,7,9H2,1H3,(H2,19,23)(H,20,21)/t13-,16-/m1/s1. The Morgan fingerprint density at radius 2 is 2.12 bits per heavy atom. The summed E-state index contributed by atoms with van der Waals surface area (Å²) in [4.78, 5) is 11.7. The van der Waals surface area contributed by atoms with Crippen molar-refractivity contribution in [3.05, 3.63) is 41.8 Å². The summed E-state index contributed by atoms with van der Waals surface area (Å²) in [6.07, 6.45) is 1.33. The maximum absolute atomic E-state index is 13.0. The van der Waals surface area contributed by atoms with E-state index in [1.165, 1.54) is 35.1 Å². The molecule has 1 amide bonds. The molecule has 2 heterocycles. The van der Waals surface area contributed by atoms with Crippen molar-refractivity contribution in [2.24, 2.45) is 11.1 Å². The lowest BCUT2D eigenvalue weighted by atomic mass is 9.87. The van der Waals surface area contributed by atoms with Crippen LogP contribution in [0.4, 0.5) is 15.9 Å². The van der Waals surface area contributed by atoms with Crippen LogP contribution in [0.1, 0.15) is 23.3 Å². The van der Waals surface area contributed by atoms with Gasteiger partial charge in [-0.2, -0.15) is 10.4 Å². The van der Waals surface area contributed by atoms with Crippen molar-refractivity contribution in [3.63, 3.8) is 0 Å². The monoisotopic (exact) mass is 377 g/mol. The first-order valence-electron chi connectivity index (χ1n) is 7.67. The first-order chi connectivity index (χ1) is 12.1. The smallest absolute Gasteiger partial charge is 0.254 e. The number of aromatic nitrogens is 2. The second-order valence-electron chi connectivity index (χ2n) is 6.47. The molecular weight excluding hydrogens is 361 g/mol. The van der Waals surface area contributed by atoms with Gasteiger partial charge in [-0.3, -0.25) is 9.48 Å². The van der Waals surface area contributed by atoms with Crippen LogP contribution in [-0.4, -0.2) is 35.6 Å². The molecule has 2 aromatic rings. The Labute approximate surface area is 149 Å². The summed E-state index contributed by atoms with van der Waals surface area (Å²) in [5, 5.41) is 16.5. The fourth-order valence-corrected chi connectivity index (χ4v) is 5.30. The number of halogens is 1. The molecule has 3 rings (SSSR count). The van der Waals surface area contributed by atoms with E-state index in [1.54, 1.807) is 6.92 Å². The van der Waals surface area contributed by atoms with E-state index >= 15 is 0 Å². The van der Waals surface area contributed by atoms with Crippen LogP contribution in [0.25, 0.3) is 0 Å². The highest BCUT2D eigenvalue weighted by Gasteiger charge is 2.49. The van der Waals surface area contributed by atoms with Crippen molar-refractivity contribution in [3.8, 4) is 6.07 Å². The summed E-state index contributed by atoms with van der Waals surface area (Å²) in [5.74, 6) is -1.62. The zero-order valence-corrected chi connectivity index (χ0v) is 14.6. The van der Waals surface area contributed by atoms with Gasteiger partial charge in [0.15, 0.2) is 15.7 Å². The number of nitrogens with one attached hydrogen (secondary N) is 1. The van der Waals surface area contributed by atoms with Gasteiger partial charge in [0.1, 0.15) is 11.4 Å². The lowest BCUT2D eigenvalue weighted by molar-refractivity contribution is 0.100. The predicted molar refractivity (Wildman–Crippen MR) is 91.8 cm³/mol. The molecule has 1 aromatic carbocycles. The fourth-order valence-electron chi connectivity index (χ4n) is 3.01. The minimum atomic E-state index is -3.41. The van der Waals surface area contributed by atoms with Crippen molar-refractivity contribution < 1.29 is 17.6 Å². The predicted octanol–water partition coefficient (Wildman–Crippen LogP) is 1.36. The first kappa shape index (κ1) is 17.9. The van der Waals surface area contributed by atoms with E-state index < -0.39 is 33.0 Å². The van der Waals surface area contributed by atoms with Gasteiger partial charge in [-0.05, 0) is 31.2 Å². The van der Waals surface area contributed by atoms with Crippen molar-refractivity contribution >= 4 is 27.2 Å². The fraction of sp³-hybridized carbons (Fsp3) is 0.312. The van der Waals surface area contributed by atoms with Crippen molar-refractivity contribution in [2.45, 2.75) is 13.0 Å². The SMILES string of the molecule is C[C@@]1(C#N)CS(=O)(=O)C[C@H]1n1cc(C(N)=O)c(Nc2ccc(F)cc2)n1. The Morgan fingerprint density at radius 3 is 2.69 bits per heavy atom.